The molecular weight excluding hydrogens is 553 g/mol. The van der Waals surface area contributed by atoms with Gasteiger partial charge in [-0.05, 0) is 36.4 Å². The SMILES string of the molecule is O=c1[nH]ncc(N[C@@H](CO)CCCn2ccc3cc(-c4ncc(C(F)(F)F)cn4)c(F)cc3c2=O)c1C(F)(F)F. The number of H-pyrrole nitrogens is 1. The van der Waals surface area contributed by atoms with Crippen LogP contribution in [0.25, 0.3) is 22.2 Å². The number of aliphatic hydroxyl groups is 1. The second kappa shape index (κ2) is 11.0. The molecule has 3 heterocycles. The van der Waals surface area contributed by atoms with Crippen molar-refractivity contribution in [2.75, 3.05) is 11.9 Å². The van der Waals surface area contributed by atoms with E-state index in [4.69, 9.17) is 0 Å². The molecule has 1 atom stereocenters. The first-order chi connectivity index (χ1) is 18.8. The molecule has 0 aliphatic rings. The van der Waals surface area contributed by atoms with Crippen LogP contribution in [0.5, 0.6) is 0 Å². The Kier molecular flexibility index (Phi) is 7.91. The number of aromatic amines is 1. The number of benzene rings is 1. The number of nitrogens with one attached hydrogen (secondary N) is 2. The number of pyridine rings is 1. The molecule has 4 rings (SSSR count). The molecule has 0 spiro atoms. The fourth-order valence-electron chi connectivity index (χ4n) is 3.99. The lowest BCUT2D eigenvalue weighted by Gasteiger charge is -2.20. The highest BCUT2D eigenvalue weighted by atomic mass is 19.4. The molecule has 0 aliphatic heterocycles. The highest BCUT2D eigenvalue weighted by Crippen LogP contribution is 2.32. The number of rotatable bonds is 8. The van der Waals surface area contributed by atoms with Crippen LogP contribution in [0.2, 0.25) is 0 Å². The van der Waals surface area contributed by atoms with Gasteiger partial charge in [0, 0.05) is 31.2 Å². The summed E-state index contributed by atoms with van der Waals surface area (Å²) in [6.07, 6.45) is -6.13. The van der Waals surface area contributed by atoms with Gasteiger partial charge in [0.1, 0.15) is 11.4 Å². The minimum absolute atomic E-state index is 0.0306. The molecule has 16 heteroatoms. The van der Waals surface area contributed by atoms with Crippen LogP contribution in [0, 0.1) is 5.82 Å². The molecular formula is C24H19F7N6O3. The normalized spacial score (nSPS) is 13.0. The van der Waals surface area contributed by atoms with E-state index in [-0.39, 0.29) is 41.5 Å². The molecule has 0 amide bonds. The van der Waals surface area contributed by atoms with E-state index < -0.39 is 58.8 Å². The molecule has 3 aromatic heterocycles. The first kappa shape index (κ1) is 28.7. The van der Waals surface area contributed by atoms with E-state index in [0.29, 0.717) is 12.4 Å². The second-order valence-corrected chi connectivity index (χ2v) is 8.68. The Bertz CT molecular complexity index is 1630. The van der Waals surface area contributed by atoms with Crippen molar-refractivity contribution in [1.29, 1.82) is 0 Å². The summed E-state index contributed by atoms with van der Waals surface area (Å²) in [6, 6.07) is 2.72. The number of hydrogen-bond acceptors (Lipinski definition) is 7. The van der Waals surface area contributed by atoms with E-state index in [0.717, 1.165) is 12.3 Å². The zero-order chi connectivity index (χ0) is 29.2. The lowest BCUT2D eigenvalue weighted by atomic mass is 10.1. The molecule has 0 radical (unpaired) electrons. The number of aryl methyl sites for hydroxylation is 1. The van der Waals surface area contributed by atoms with Gasteiger partial charge in [-0.25, -0.2) is 19.5 Å². The summed E-state index contributed by atoms with van der Waals surface area (Å²) in [6.45, 7) is -0.533. The molecule has 0 saturated heterocycles. The molecule has 9 nitrogen and oxygen atoms in total. The fourth-order valence-corrected chi connectivity index (χ4v) is 3.99. The Morgan fingerprint density at radius 3 is 2.35 bits per heavy atom. The van der Waals surface area contributed by atoms with Crippen LogP contribution in [0.3, 0.4) is 0 Å². The summed E-state index contributed by atoms with van der Waals surface area (Å²) in [7, 11) is 0. The van der Waals surface area contributed by atoms with Crippen LogP contribution in [0.4, 0.5) is 36.4 Å². The van der Waals surface area contributed by atoms with Gasteiger partial charge in [0.2, 0.25) is 0 Å². The topological polar surface area (TPSA) is 126 Å². The van der Waals surface area contributed by atoms with Crippen molar-refractivity contribution < 1.29 is 35.8 Å². The zero-order valence-electron chi connectivity index (χ0n) is 20.1. The number of nitrogens with zero attached hydrogens (tertiary/aromatic N) is 4. The van der Waals surface area contributed by atoms with Gasteiger partial charge in [0.05, 0.1) is 35.0 Å². The Balaban J connectivity index is 1.49. The van der Waals surface area contributed by atoms with Crippen molar-refractivity contribution in [3.05, 3.63) is 80.6 Å². The van der Waals surface area contributed by atoms with Gasteiger partial charge >= 0.3 is 12.4 Å². The smallest absolute Gasteiger partial charge is 0.394 e. The molecule has 1 aromatic carbocycles. The summed E-state index contributed by atoms with van der Waals surface area (Å²) in [5.41, 5.74) is -5.45. The Hall–Kier alpha value is -4.34. The predicted octanol–water partition coefficient (Wildman–Crippen LogP) is 3.97. The van der Waals surface area contributed by atoms with Crippen molar-refractivity contribution in [2.45, 2.75) is 37.8 Å². The maximum atomic E-state index is 14.8. The fraction of sp³-hybridized carbons (Fsp3) is 0.292. The van der Waals surface area contributed by atoms with Crippen LogP contribution >= 0.6 is 0 Å². The van der Waals surface area contributed by atoms with Crippen LogP contribution in [0.1, 0.15) is 24.0 Å². The summed E-state index contributed by atoms with van der Waals surface area (Å²) < 4.78 is 94.1. The third kappa shape index (κ3) is 6.11. The van der Waals surface area contributed by atoms with E-state index in [1.54, 1.807) is 5.10 Å². The second-order valence-electron chi connectivity index (χ2n) is 8.68. The molecule has 40 heavy (non-hydrogen) atoms. The zero-order valence-corrected chi connectivity index (χ0v) is 20.1. The molecule has 0 unspecified atom stereocenters. The van der Waals surface area contributed by atoms with Gasteiger partial charge in [-0.1, -0.05) is 0 Å². The molecule has 0 aliphatic carbocycles. The van der Waals surface area contributed by atoms with Crippen LogP contribution in [-0.4, -0.2) is 42.5 Å². The standard InChI is InChI=1S/C24H19F7N6O3/c25-17-7-15-12(6-16(17)20-32-8-13(9-33-20)23(26,27)28)3-5-37(22(15)40)4-1-2-14(11-38)35-18-10-34-36-21(39)19(18)24(29,30)31/h3,5-10,14,38H,1-2,4,11H2,(H2,35,36,39)/t14-/m1/s1. The van der Waals surface area contributed by atoms with E-state index in [2.05, 4.69) is 20.4 Å². The third-order valence-electron chi connectivity index (χ3n) is 5.96. The maximum Gasteiger partial charge on any atom is 0.423 e. The highest BCUT2D eigenvalue weighted by molar-refractivity contribution is 5.86. The highest BCUT2D eigenvalue weighted by Gasteiger charge is 2.37. The third-order valence-corrected chi connectivity index (χ3v) is 5.96. The maximum absolute atomic E-state index is 14.8. The van der Waals surface area contributed by atoms with Gasteiger partial charge in [0.15, 0.2) is 5.82 Å². The number of anilines is 1. The van der Waals surface area contributed by atoms with Crippen molar-refractivity contribution in [2.24, 2.45) is 0 Å². The summed E-state index contributed by atoms with van der Waals surface area (Å²) >= 11 is 0. The Labute approximate surface area is 219 Å². The summed E-state index contributed by atoms with van der Waals surface area (Å²) in [4.78, 5) is 31.7. The number of fused-ring (bicyclic) bond motifs is 1. The van der Waals surface area contributed by atoms with Crippen LogP contribution < -0.4 is 16.4 Å². The van der Waals surface area contributed by atoms with E-state index in [1.165, 1.54) is 22.9 Å². The minimum atomic E-state index is -4.97. The summed E-state index contributed by atoms with van der Waals surface area (Å²) in [5, 5.41) is 17.4. The van der Waals surface area contributed by atoms with Crippen molar-refractivity contribution >= 4 is 16.5 Å². The minimum Gasteiger partial charge on any atom is -0.394 e. The van der Waals surface area contributed by atoms with Gasteiger partial charge in [0.25, 0.3) is 11.1 Å². The van der Waals surface area contributed by atoms with Crippen LogP contribution in [0.15, 0.2) is 52.6 Å². The van der Waals surface area contributed by atoms with Crippen molar-refractivity contribution in [3.8, 4) is 11.4 Å². The number of aliphatic hydroxyl groups excluding tert-OH is 1. The monoisotopic (exact) mass is 572 g/mol. The average Bonchev–Trinajstić information content (AvgIpc) is 2.88. The molecule has 4 aromatic rings. The molecule has 0 bridgehead atoms. The van der Waals surface area contributed by atoms with Crippen LogP contribution in [-0.2, 0) is 18.9 Å². The summed E-state index contributed by atoms with van der Waals surface area (Å²) in [5.74, 6) is -1.23. The average molecular weight is 572 g/mol. The predicted molar refractivity (Wildman–Crippen MR) is 128 cm³/mol. The van der Waals surface area contributed by atoms with Gasteiger partial charge in [-0.2, -0.15) is 31.4 Å². The van der Waals surface area contributed by atoms with Gasteiger partial charge in [-0.15, -0.1) is 0 Å². The lowest BCUT2D eigenvalue weighted by Crippen LogP contribution is -2.30. The molecule has 212 valence electrons. The lowest BCUT2D eigenvalue weighted by molar-refractivity contribution is -0.139. The number of hydrogen-bond donors (Lipinski definition) is 3. The molecule has 0 saturated carbocycles. The van der Waals surface area contributed by atoms with Gasteiger partial charge in [-0.3, -0.25) is 9.59 Å². The van der Waals surface area contributed by atoms with E-state index in [9.17, 15) is 45.4 Å². The molecule has 0 fully saturated rings. The number of alkyl halides is 6. The quantitative estimate of drug-likeness (QED) is 0.273. The van der Waals surface area contributed by atoms with Crippen molar-refractivity contribution in [3.63, 3.8) is 0 Å². The number of aromatic nitrogens is 5. The number of halogens is 7. The van der Waals surface area contributed by atoms with Gasteiger partial charge < -0.3 is 15.0 Å². The Morgan fingerprint density at radius 2 is 1.73 bits per heavy atom. The largest absolute Gasteiger partial charge is 0.423 e. The van der Waals surface area contributed by atoms with E-state index in [1.807, 2.05) is 0 Å². The Morgan fingerprint density at radius 1 is 1.02 bits per heavy atom. The van der Waals surface area contributed by atoms with Crippen molar-refractivity contribution in [1.82, 2.24) is 24.7 Å². The van der Waals surface area contributed by atoms with E-state index >= 15 is 0 Å². The molecule has 3 N–H and O–H groups in total. The first-order valence-corrected chi connectivity index (χ1v) is 11.5. The first-order valence-electron chi connectivity index (χ1n) is 11.5.